The minimum absolute atomic E-state index is 0.195. The highest BCUT2D eigenvalue weighted by atomic mass is 35.5. The fourth-order valence-electron chi connectivity index (χ4n) is 2.05. The summed E-state index contributed by atoms with van der Waals surface area (Å²) in [4.78, 5) is 12.3. The molecular formula is C16H11ClO2. The molecule has 0 unspecified atom stereocenters. The first kappa shape index (κ1) is 12.0. The summed E-state index contributed by atoms with van der Waals surface area (Å²) < 4.78 is 5.59. The highest BCUT2D eigenvalue weighted by molar-refractivity contribution is 6.34. The van der Waals surface area contributed by atoms with Gasteiger partial charge in [-0.2, -0.15) is 0 Å². The van der Waals surface area contributed by atoms with Gasteiger partial charge in [-0.15, -0.1) is 0 Å². The lowest BCUT2D eigenvalue weighted by Gasteiger charge is -1.99. The minimum Gasteiger partial charge on any atom is -0.453 e. The first-order valence-electron chi connectivity index (χ1n) is 5.94. The van der Waals surface area contributed by atoms with Gasteiger partial charge in [0.25, 0.3) is 0 Å². The van der Waals surface area contributed by atoms with Crippen LogP contribution in [0.15, 0.2) is 52.9 Å². The second-order valence-electron chi connectivity index (χ2n) is 4.46. The van der Waals surface area contributed by atoms with Crippen LogP contribution in [-0.2, 0) is 0 Å². The van der Waals surface area contributed by atoms with E-state index < -0.39 is 0 Å². The zero-order valence-electron chi connectivity index (χ0n) is 10.3. The fourth-order valence-corrected chi connectivity index (χ4v) is 2.27. The van der Waals surface area contributed by atoms with Crippen molar-refractivity contribution in [2.75, 3.05) is 0 Å². The lowest BCUT2D eigenvalue weighted by atomic mass is 10.1. The number of carbonyl (C=O) groups excluding carboxylic acids is 1. The number of hydrogen-bond donors (Lipinski definition) is 0. The van der Waals surface area contributed by atoms with Gasteiger partial charge in [0.1, 0.15) is 5.58 Å². The van der Waals surface area contributed by atoms with E-state index in [1.807, 2.05) is 25.1 Å². The van der Waals surface area contributed by atoms with Crippen molar-refractivity contribution in [1.29, 1.82) is 0 Å². The molecule has 3 heteroatoms. The number of rotatable bonds is 2. The van der Waals surface area contributed by atoms with Gasteiger partial charge < -0.3 is 4.42 Å². The van der Waals surface area contributed by atoms with E-state index in [4.69, 9.17) is 16.0 Å². The summed E-state index contributed by atoms with van der Waals surface area (Å²) in [5.74, 6) is 0.119. The third kappa shape index (κ3) is 2.15. The molecule has 2 nitrogen and oxygen atoms in total. The summed E-state index contributed by atoms with van der Waals surface area (Å²) in [7, 11) is 0. The molecule has 0 aliphatic carbocycles. The van der Waals surface area contributed by atoms with E-state index in [9.17, 15) is 4.79 Å². The highest BCUT2D eigenvalue weighted by Gasteiger charge is 2.16. The maximum absolute atomic E-state index is 12.3. The highest BCUT2D eigenvalue weighted by Crippen LogP contribution is 2.25. The SMILES string of the molecule is Cc1ccc2oc(C(=O)c3ccccc3Cl)cc2c1. The molecule has 0 amide bonds. The normalized spacial score (nSPS) is 10.8. The van der Waals surface area contributed by atoms with Crippen LogP contribution in [0, 0.1) is 6.92 Å². The van der Waals surface area contributed by atoms with Crippen LogP contribution in [-0.4, -0.2) is 5.78 Å². The summed E-state index contributed by atoms with van der Waals surface area (Å²) in [5.41, 5.74) is 2.30. The molecule has 2 aromatic carbocycles. The fraction of sp³-hybridized carbons (Fsp3) is 0.0625. The van der Waals surface area contributed by atoms with Crippen LogP contribution < -0.4 is 0 Å². The van der Waals surface area contributed by atoms with Crippen molar-refractivity contribution in [1.82, 2.24) is 0 Å². The molecule has 0 fully saturated rings. The number of aryl methyl sites for hydroxylation is 1. The lowest BCUT2D eigenvalue weighted by Crippen LogP contribution is -1.99. The Kier molecular flexibility index (Phi) is 2.88. The Morgan fingerprint density at radius 3 is 2.68 bits per heavy atom. The minimum atomic E-state index is -0.195. The predicted octanol–water partition coefficient (Wildman–Crippen LogP) is 4.63. The first-order chi connectivity index (χ1) is 9.15. The van der Waals surface area contributed by atoms with Gasteiger partial charge >= 0.3 is 0 Å². The van der Waals surface area contributed by atoms with Gasteiger partial charge in [0.2, 0.25) is 5.78 Å². The van der Waals surface area contributed by atoms with Crippen molar-refractivity contribution in [2.45, 2.75) is 6.92 Å². The van der Waals surface area contributed by atoms with E-state index in [-0.39, 0.29) is 5.78 Å². The third-order valence-electron chi connectivity index (χ3n) is 3.01. The second-order valence-corrected chi connectivity index (χ2v) is 4.87. The number of halogens is 1. The van der Waals surface area contributed by atoms with E-state index >= 15 is 0 Å². The molecule has 0 saturated heterocycles. The molecule has 19 heavy (non-hydrogen) atoms. The predicted molar refractivity (Wildman–Crippen MR) is 75.8 cm³/mol. The Morgan fingerprint density at radius 1 is 1.11 bits per heavy atom. The summed E-state index contributed by atoms with van der Waals surface area (Å²) in [6.45, 7) is 2.00. The Labute approximate surface area is 115 Å². The average Bonchev–Trinajstić information content (AvgIpc) is 2.81. The van der Waals surface area contributed by atoms with Crippen molar-refractivity contribution < 1.29 is 9.21 Å². The summed E-state index contributed by atoms with van der Waals surface area (Å²) in [5, 5.41) is 1.36. The Morgan fingerprint density at radius 2 is 1.89 bits per heavy atom. The molecule has 0 spiro atoms. The molecule has 0 atom stereocenters. The number of carbonyl (C=O) groups is 1. The van der Waals surface area contributed by atoms with Crippen LogP contribution >= 0.6 is 11.6 Å². The molecule has 94 valence electrons. The maximum Gasteiger partial charge on any atom is 0.229 e. The van der Waals surface area contributed by atoms with Gasteiger partial charge in [-0.25, -0.2) is 0 Å². The quantitative estimate of drug-likeness (QED) is 0.636. The van der Waals surface area contributed by atoms with Gasteiger partial charge in [-0.05, 0) is 37.3 Å². The van der Waals surface area contributed by atoms with Crippen molar-refractivity contribution in [3.05, 3.63) is 70.4 Å². The smallest absolute Gasteiger partial charge is 0.229 e. The number of hydrogen-bond acceptors (Lipinski definition) is 2. The molecule has 0 bridgehead atoms. The zero-order chi connectivity index (χ0) is 13.4. The molecule has 1 aromatic heterocycles. The van der Waals surface area contributed by atoms with Crippen LogP contribution in [0.2, 0.25) is 5.02 Å². The van der Waals surface area contributed by atoms with Crippen LogP contribution in [0.4, 0.5) is 0 Å². The standard InChI is InChI=1S/C16H11ClO2/c1-10-6-7-14-11(8-10)9-15(19-14)16(18)12-4-2-3-5-13(12)17/h2-9H,1H3. The third-order valence-corrected chi connectivity index (χ3v) is 3.34. The number of benzene rings is 2. The Hall–Kier alpha value is -2.06. The summed E-state index contributed by atoms with van der Waals surface area (Å²) >= 11 is 6.03. The molecule has 0 aliphatic rings. The summed E-state index contributed by atoms with van der Waals surface area (Å²) in [6.07, 6.45) is 0. The molecular weight excluding hydrogens is 260 g/mol. The van der Waals surface area contributed by atoms with E-state index in [0.29, 0.717) is 21.9 Å². The molecule has 0 saturated carbocycles. The molecule has 3 rings (SSSR count). The molecule has 1 heterocycles. The number of furan rings is 1. The van der Waals surface area contributed by atoms with Gasteiger partial charge in [0.15, 0.2) is 5.76 Å². The van der Waals surface area contributed by atoms with Crippen molar-refractivity contribution in [3.8, 4) is 0 Å². The number of ketones is 1. The van der Waals surface area contributed by atoms with Crippen LogP contribution in [0.25, 0.3) is 11.0 Å². The topological polar surface area (TPSA) is 30.2 Å². The average molecular weight is 271 g/mol. The Balaban J connectivity index is 2.09. The van der Waals surface area contributed by atoms with Crippen molar-refractivity contribution >= 4 is 28.4 Å². The van der Waals surface area contributed by atoms with Crippen molar-refractivity contribution in [2.24, 2.45) is 0 Å². The second kappa shape index (κ2) is 4.56. The van der Waals surface area contributed by atoms with Crippen LogP contribution in [0.3, 0.4) is 0 Å². The molecule has 0 radical (unpaired) electrons. The van der Waals surface area contributed by atoms with Gasteiger partial charge in [-0.3, -0.25) is 4.79 Å². The van der Waals surface area contributed by atoms with Crippen LogP contribution in [0.1, 0.15) is 21.7 Å². The monoisotopic (exact) mass is 270 g/mol. The van der Waals surface area contributed by atoms with E-state index in [2.05, 4.69) is 0 Å². The largest absolute Gasteiger partial charge is 0.453 e. The van der Waals surface area contributed by atoms with Crippen LogP contribution in [0.5, 0.6) is 0 Å². The maximum atomic E-state index is 12.3. The summed E-state index contributed by atoms with van der Waals surface area (Å²) in [6, 6.07) is 14.5. The first-order valence-corrected chi connectivity index (χ1v) is 6.32. The molecule has 3 aromatic rings. The molecule has 0 aliphatic heterocycles. The molecule has 0 N–H and O–H groups in total. The zero-order valence-corrected chi connectivity index (χ0v) is 11.1. The van der Waals surface area contributed by atoms with Crippen molar-refractivity contribution in [3.63, 3.8) is 0 Å². The van der Waals surface area contributed by atoms with Gasteiger partial charge in [0, 0.05) is 10.9 Å². The van der Waals surface area contributed by atoms with E-state index in [1.165, 1.54) is 0 Å². The number of fused-ring (bicyclic) bond motifs is 1. The van der Waals surface area contributed by atoms with Gasteiger partial charge in [0.05, 0.1) is 5.02 Å². The Bertz CT molecular complexity index is 771. The lowest BCUT2D eigenvalue weighted by molar-refractivity contribution is 0.101. The van der Waals surface area contributed by atoms with Gasteiger partial charge in [-0.1, -0.05) is 35.4 Å². The van der Waals surface area contributed by atoms with E-state index in [0.717, 1.165) is 10.9 Å². The van der Waals surface area contributed by atoms with E-state index in [1.54, 1.807) is 30.3 Å².